The van der Waals surface area contributed by atoms with Crippen molar-refractivity contribution in [1.82, 2.24) is 5.32 Å². The molecule has 67 heavy (non-hydrogen) atoms. The van der Waals surface area contributed by atoms with E-state index in [1.165, 1.54) is 0 Å². The van der Waals surface area contributed by atoms with Crippen molar-refractivity contribution >= 4 is 5.91 Å². The highest BCUT2D eigenvalue weighted by Crippen LogP contribution is 2.37. The molecule has 5 heterocycles. The second-order valence-corrected chi connectivity index (χ2v) is 18.7. The van der Waals surface area contributed by atoms with Crippen molar-refractivity contribution in [2.75, 3.05) is 33.0 Å². The zero-order valence-corrected chi connectivity index (χ0v) is 37.5. The van der Waals surface area contributed by atoms with Crippen LogP contribution in [0.2, 0.25) is 0 Å². The van der Waals surface area contributed by atoms with Gasteiger partial charge in [-0.2, -0.15) is 0 Å². The van der Waals surface area contributed by atoms with Gasteiger partial charge in [-0.1, -0.05) is 0 Å². The molecule has 5 aliphatic rings. The summed E-state index contributed by atoms with van der Waals surface area (Å²) in [6.07, 6.45) is -43.5. The SMILES string of the molecule is CC(=O)NC1C(OC2C(O)C(CO)OC(OC3C(CO)OC(OC4C(CO)OC(OC(C)(C)CC(C)(C)N)C(O)C4O)C(O)C3O)C2O)OC(CO)C(O)C1OC1OC(CO)C(O)C(O)C1O. The second-order valence-electron chi connectivity index (χ2n) is 18.7. The van der Waals surface area contributed by atoms with Crippen molar-refractivity contribution in [1.29, 1.82) is 0 Å². The van der Waals surface area contributed by atoms with Crippen LogP contribution in [0.25, 0.3) is 0 Å². The van der Waals surface area contributed by atoms with Crippen molar-refractivity contribution in [3.63, 3.8) is 0 Å². The van der Waals surface area contributed by atoms with Gasteiger partial charge in [-0.25, -0.2) is 0 Å². The molecule has 0 aromatic carbocycles. The first kappa shape index (κ1) is 56.3. The zero-order valence-electron chi connectivity index (χ0n) is 37.5. The fourth-order valence-electron chi connectivity index (χ4n) is 8.96. The maximum Gasteiger partial charge on any atom is 0.217 e. The van der Waals surface area contributed by atoms with E-state index in [9.17, 15) is 81.4 Å². The first-order valence-corrected chi connectivity index (χ1v) is 21.8. The van der Waals surface area contributed by atoms with Gasteiger partial charge >= 0.3 is 0 Å². The smallest absolute Gasteiger partial charge is 0.217 e. The van der Waals surface area contributed by atoms with Crippen LogP contribution in [-0.4, -0.2) is 280 Å². The van der Waals surface area contributed by atoms with Gasteiger partial charge < -0.3 is 135 Å². The molecule has 25 atom stereocenters. The summed E-state index contributed by atoms with van der Waals surface area (Å²) in [5.74, 6) is -0.803. The van der Waals surface area contributed by atoms with E-state index in [-0.39, 0.29) is 6.42 Å². The topological polar surface area (TPSA) is 451 Å². The molecule has 0 aromatic rings. The van der Waals surface area contributed by atoms with Gasteiger partial charge in [0.25, 0.3) is 0 Å². The Kier molecular flexibility index (Phi) is 19.6. The molecule has 0 aromatic heterocycles. The average molecular weight is 983 g/mol. The van der Waals surface area contributed by atoms with E-state index in [0.29, 0.717) is 0 Å². The summed E-state index contributed by atoms with van der Waals surface area (Å²) in [7, 11) is 0. The Bertz CT molecular complexity index is 1540. The number of aliphatic hydroxyl groups excluding tert-OH is 15. The summed E-state index contributed by atoms with van der Waals surface area (Å²) >= 11 is 0. The minimum Gasteiger partial charge on any atom is -0.394 e. The number of nitrogens with one attached hydrogen (secondary N) is 1. The summed E-state index contributed by atoms with van der Waals surface area (Å²) in [6, 6.07) is -1.68. The molecule has 0 radical (unpaired) electrons. The molecule has 5 aliphatic heterocycles. The Balaban J connectivity index is 1.32. The lowest BCUT2D eigenvalue weighted by Crippen LogP contribution is -2.70. The Hall–Kier alpha value is -1.57. The van der Waals surface area contributed by atoms with Gasteiger partial charge in [0.05, 0.1) is 38.6 Å². The van der Waals surface area contributed by atoms with E-state index < -0.39 is 204 Å². The molecule has 0 spiro atoms. The van der Waals surface area contributed by atoms with Crippen LogP contribution in [0.1, 0.15) is 41.0 Å². The highest BCUT2D eigenvalue weighted by atomic mass is 16.8. The Morgan fingerprint density at radius 3 is 1.28 bits per heavy atom. The van der Waals surface area contributed by atoms with E-state index in [1.807, 2.05) is 0 Å². The van der Waals surface area contributed by atoms with Gasteiger partial charge in [0.1, 0.15) is 122 Å². The molecule has 1 amide bonds. The van der Waals surface area contributed by atoms with Gasteiger partial charge in [-0.15, -0.1) is 0 Å². The third-order valence-corrected chi connectivity index (χ3v) is 12.0. The number of hydrogen-bond acceptors (Lipinski definition) is 27. The Labute approximate surface area is 384 Å². The quantitative estimate of drug-likeness (QED) is 0.0606. The predicted octanol–water partition coefficient (Wildman–Crippen LogP) is -9.85. The number of carbonyl (C=O) groups is 1. The lowest BCUT2D eigenvalue weighted by atomic mass is 9.90. The monoisotopic (exact) mass is 982 g/mol. The molecule has 0 aliphatic carbocycles. The van der Waals surface area contributed by atoms with Gasteiger partial charge in [0.2, 0.25) is 5.91 Å². The first-order chi connectivity index (χ1) is 31.3. The summed E-state index contributed by atoms with van der Waals surface area (Å²) in [4.78, 5) is 12.5. The maximum absolute atomic E-state index is 12.5. The molecule has 5 rings (SSSR count). The average Bonchev–Trinajstić information content (AvgIpc) is 3.25. The van der Waals surface area contributed by atoms with Crippen LogP contribution in [0.15, 0.2) is 0 Å². The van der Waals surface area contributed by atoms with Gasteiger partial charge in [-0.05, 0) is 34.1 Å². The highest BCUT2D eigenvalue weighted by molar-refractivity contribution is 5.73. The van der Waals surface area contributed by atoms with E-state index in [1.54, 1.807) is 27.7 Å². The zero-order chi connectivity index (χ0) is 50.0. The largest absolute Gasteiger partial charge is 0.394 e. The third kappa shape index (κ3) is 12.9. The minimum absolute atomic E-state index is 0.285. The number of rotatable bonds is 18. The summed E-state index contributed by atoms with van der Waals surface area (Å²) in [5.41, 5.74) is 4.44. The van der Waals surface area contributed by atoms with Crippen molar-refractivity contribution < 1.29 is 129 Å². The lowest BCUT2D eigenvalue weighted by Gasteiger charge is -2.50. The van der Waals surface area contributed by atoms with E-state index in [2.05, 4.69) is 5.32 Å². The predicted molar refractivity (Wildman–Crippen MR) is 214 cm³/mol. The van der Waals surface area contributed by atoms with Crippen LogP contribution in [-0.2, 0) is 52.2 Å². The molecule has 25 unspecified atom stereocenters. The normalized spacial score (nSPS) is 46.9. The Morgan fingerprint density at radius 2 is 0.821 bits per heavy atom. The van der Waals surface area contributed by atoms with E-state index >= 15 is 0 Å². The Morgan fingerprint density at radius 1 is 0.463 bits per heavy atom. The minimum atomic E-state index is -2.15. The number of hydrogen-bond donors (Lipinski definition) is 17. The second kappa shape index (κ2) is 23.3. The number of carbonyl (C=O) groups excluding carboxylic acids is 1. The molecular formula is C39H70N2O26. The molecule has 5 saturated heterocycles. The van der Waals surface area contributed by atoms with Gasteiger partial charge in [0, 0.05) is 12.5 Å². The van der Waals surface area contributed by atoms with Crippen molar-refractivity contribution in [2.24, 2.45) is 5.73 Å². The number of amides is 1. The molecule has 0 saturated carbocycles. The molecule has 0 bridgehead atoms. The number of ether oxygens (including phenoxy) is 10. The van der Waals surface area contributed by atoms with Crippen molar-refractivity contribution in [2.45, 2.75) is 206 Å². The van der Waals surface area contributed by atoms with Gasteiger partial charge in [-0.3, -0.25) is 4.79 Å². The summed E-state index contributed by atoms with van der Waals surface area (Å²) in [5, 5.41) is 163. The van der Waals surface area contributed by atoms with E-state index in [4.69, 9.17) is 53.1 Å². The molecule has 28 heteroatoms. The standard InChI is InChI=1S/C39H70N2O26/c1-12(47)41-18-31(65-34-25(54)22(51)19(48)13(6-42)59-34)20(49)14(7-43)58-33(18)66-32-21(50)15(8-44)60-36(28(32)57)64-29-16(9-45)61-35(26(55)23(29)52)63-30-17(10-46)62-37(27(56)24(30)53)67-39(4,5)11-38(2,3)40/h13-37,42-46,48-57H,6-11,40H2,1-5H3,(H,41,47). The van der Waals surface area contributed by atoms with Crippen LogP contribution < -0.4 is 11.1 Å². The molecule has 28 nitrogen and oxygen atoms in total. The molecule has 392 valence electrons. The fraction of sp³-hybridized carbons (Fsp3) is 0.974. The van der Waals surface area contributed by atoms with Crippen LogP contribution in [0.4, 0.5) is 0 Å². The van der Waals surface area contributed by atoms with Crippen LogP contribution >= 0.6 is 0 Å². The number of nitrogens with two attached hydrogens (primary N) is 1. The molecule has 5 fully saturated rings. The van der Waals surface area contributed by atoms with Crippen LogP contribution in [0.3, 0.4) is 0 Å². The van der Waals surface area contributed by atoms with Crippen LogP contribution in [0, 0.1) is 0 Å². The first-order valence-electron chi connectivity index (χ1n) is 21.8. The van der Waals surface area contributed by atoms with Crippen molar-refractivity contribution in [3.8, 4) is 0 Å². The summed E-state index contributed by atoms with van der Waals surface area (Å²) in [6.45, 7) is 3.34. The third-order valence-electron chi connectivity index (χ3n) is 12.0. The fourth-order valence-corrected chi connectivity index (χ4v) is 8.96. The number of aliphatic hydroxyl groups is 15. The van der Waals surface area contributed by atoms with Gasteiger partial charge in [0.15, 0.2) is 31.5 Å². The van der Waals surface area contributed by atoms with E-state index in [0.717, 1.165) is 6.92 Å². The summed E-state index contributed by atoms with van der Waals surface area (Å²) < 4.78 is 57.5. The maximum atomic E-state index is 12.5. The molecule has 18 N–H and O–H groups in total. The van der Waals surface area contributed by atoms with Crippen molar-refractivity contribution in [3.05, 3.63) is 0 Å². The molecular weight excluding hydrogens is 912 g/mol. The van der Waals surface area contributed by atoms with Crippen LogP contribution in [0.5, 0.6) is 0 Å². The lowest BCUT2D eigenvalue weighted by molar-refractivity contribution is -0.390. The highest BCUT2D eigenvalue weighted by Gasteiger charge is 2.57.